The van der Waals surface area contributed by atoms with Crippen molar-refractivity contribution < 1.29 is 18.9 Å². The van der Waals surface area contributed by atoms with Crippen LogP contribution in [0.1, 0.15) is 42.5 Å². The molecule has 0 bridgehead atoms. The van der Waals surface area contributed by atoms with Gasteiger partial charge in [0.1, 0.15) is 11.6 Å². The van der Waals surface area contributed by atoms with E-state index >= 15 is 0 Å². The predicted octanol–water partition coefficient (Wildman–Crippen LogP) is 2.71. The summed E-state index contributed by atoms with van der Waals surface area (Å²) in [6.45, 7) is 2.25. The summed E-state index contributed by atoms with van der Waals surface area (Å²) in [5.41, 5.74) is 8.93. The van der Waals surface area contributed by atoms with Crippen LogP contribution in [0.2, 0.25) is 0 Å². The lowest BCUT2D eigenvalue weighted by molar-refractivity contribution is 0.171. The Morgan fingerprint density at radius 1 is 1.41 bits per heavy atom. The van der Waals surface area contributed by atoms with E-state index in [0.29, 0.717) is 28.7 Å². The molecule has 0 aliphatic carbocycles. The van der Waals surface area contributed by atoms with Crippen molar-refractivity contribution in [3.63, 3.8) is 0 Å². The van der Waals surface area contributed by atoms with Crippen LogP contribution in [-0.2, 0) is 6.42 Å². The fourth-order valence-corrected chi connectivity index (χ4v) is 3.50. The van der Waals surface area contributed by atoms with Gasteiger partial charge < -0.3 is 24.7 Å². The molecule has 0 unspecified atom stereocenters. The minimum atomic E-state index is -0.423. The molecule has 2 aliphatic heterocycles. The van der Waals surface area contributed by atoms with Gasteiger partial charge >= 0.3 is 0 Å². The Morgan fingerprint density at radius 3 is 3.00 bits per heavy atom. The van der Waals surface area contributed by atoms with Crippen molar-refractivity contribution in [1.29, 1.82) is 5.26 Å². The highest BCUT2D eigenvalue weighted by Crippen LogP contribution is 2.48. The minimum Gasteiger partial charge on any atom is -0.493 e. The van der Waals surface area contributed by atoms with Crippen LogP contribution >= 0.6 is 0 Å². The number of hydrogen-bond donors (Lipinski definition) is 2. The molecule has 0 radical (unpaired) electrons. The van der Waals surface area contributed by atoms with Gasteiger partial charge in [0.25, 0.3) is 0 Å². The Kier molecular flexibility index (Phi) is 4.28. The standard InChI is InChI=1S/C19H20N4O4/c1-3-4-5-12-16-15(11(8-20)18(21)27-19(16)23-22-12)10-6-13(24-2)17-14(7-10)25-9-26-17/h6-7,15H,3-5,9,21H2,1-2H3,(H,22,23)/t15-/m0/s1. The normalized spacial score (nSPS) is 17.3. The largest absolute Gasteiger partial charge is 0.493 e. The Bertz CT molecular complexity index is 957. The van der Waals surface area contributed by atoms with E-state index in [0.717, 1.165) is 36.1 Å². The fourth-order valence-electron chi connectivity index (χ4n) is 3.50. The third kappa shape index (κ3) is 2.72. The van der Waals surface area contributed by atoms with Crippen molar-refractivity contribution in [2.45, 2.75) is 32.1 Å². The molecule has 1 aromatic heterocycles. The lowest BCUT2D eigenvalue weighted by Crippen LogP contribution is -2.21. The summed E-state index contributed by atoms with van der Waals surface area (Å²) in [5.74, 6) is 1.71. The smallest absolute Gasteiger partial charge is 0.244 e. The second kappa shape index (κ2) is 6.76. The number of hydrogen-bond acceptors (Lipinski definition) is 7. The Morgan fingerprint density at radius 2 is 2.26 bits per heavy atom. The van der Waals surface area contributed by atoms with Gasteiger partial charge in [0.15, 0.2) is 11.5 Å². The van der Waals surface area contributed by atoms with Crippen LogP contribution in [0.3, 0.4) is 0 Å². The number of nitrogens with two attached hydrogens (primary N) is 1. The number of nitrogens with one attached hydrogen (secondary N) is 1. The number of aromatic nitrogens is 2. The molecule has 0 amide bonds. The number of unbranched alkanes of at least 4 members (excludes halogenated alkanes) is 1. The molecule has 3 heterocycles. The molecule has 0 fully saturated rings. The number of H-pyrrole nitrogens is 1. The van der Waals surface area contributed by atoms with Crippen molar-refractivity contribution in [2.24, 2.45) is 5.73 Å². The zero-order valence-corrected chi connectivity index (χ0v) is 15.2. The van der Waals surface area contributed by atoms with E-state index in [1.54, 1.807) is 7.11 Å². The second-order valence-electron chi connectivity index (χ2n) is 6.41. The molecule has 27 heavy (non-hydrogen) atoms. The summed E-state index contributed by atoms with van der Waals surface area (Å²) in [6.07, 6.45) is 2.84. The Hall–Kier alpha value is -3.34. The molecule has 3 N–H and O–H groups in total. The Labute approximate surface area is 156 Å². The van der Waals surface area contributed by atoms with Gasteiger partial charge in [-0.3, -0.25) is 5.10 Å². The molecular formula is C19H20N4O4. The molecule has 1 atom stereocenters. The average molecular weight is 368 g/mol. The van der Waals surface area contributed by atoms with Crippen LogP contribution in [0.15, 0.2) is 23.6 Å². The third-order valence-corrected chi connectivity index (χ3v) is 4.81. The molecule has 0 saturated heterocycles. The van der Waals surface area contributed by atoms with Crippen LogP contribution in [0.4, 0.5) is 0 Å². The summed E-state index contributed by atoms with van der Waals surface area (Å²) in [7, 11) is 1.57. The topological polar surface area (TPSA) is 115 Å². The highest BCUT2D eigenvalue weighted by molar-refractivity contribution is 5.61. The van der Waals surface area contributed by atoms with E-state index in [4.69, 9.17) is 24.7 Å². The number of aryl methyl sites for hydroxylation is 1. The number of ether oxygens (including phenoxy) is 4. The number of fused-ring (bicyclic) bond motifs is 2. The maximum Gasteiger partial charge on any atom is 0.244 e. The lowest BCUT2D eigenvalue weighted by atomic mass is 9.83. The maximum atomic E-state index is 9.76. The van der Waals surface area contributed by atoms with Crippen molar-refractivity contribution >= 4 is 0 Å². The van der Waals surface area contributed by atoms with Crippen LogP contribution in [-0.4, -0.2) is 24.1 Å². The number of rotatable bonds is 5. The SMILES string of the molecule is CCCCc1[nH]nc2c1[C@@H](c1cc(OC)c3c(c1)OCO3)C(C#N)=C(N)O2. The van der Waals surface area contributed by atoms with Crippen LogP contribution in [0, 0.1) is 11.3 Å². The molecule has 1 aromatic carbocycles. The minimum absolute atomic E-state index is 0.0557. The first-order valence-electron chi connectivity index (χ1n) is 8.80. The van der Waals surface area contributed by atoms with Crippen molar-refractivity contribution in [3.05, 3.63) is 40.4 Å². The maximum absolute atomic E-state index is 9.76. The summed E-state index contributed by atoms with van der Waals surface area (Å²) in [5, 5.41) is 17.1. The summed E-state index contributed by atoms with van der Waals surface area (Å²) < 4.78 is 22.1. The average Bonchev–Trinajstić information content (AvgIpc) is 3.31. The van der Waals surface area contributed by atoms with Gasteiger partial charge in [-0.25, -0.2) is 0 Å². The number of aromatic amines is 1. The molecule has 140 valence electrons. The van der Waals surface area contributed by atoms with E-state index in [-0.39, 0.29) is 12.7 Å². The molecule has 0 saturated carbocycles. The van der Waals surface area contributed by atoms with Gasteiger partial charge in [0.2, 0.25) is 24.3 Å². The van der Waals surface area contributed by atoms with E-state index in [9.17, 15) is 5.26 Å². The molecule has 2 aliphatic rings. The number of nitrogens with zero attached hydrogens (tertiary/aromatic N) is 2. The third-order valence-electron chi connectivity index (χ3n) is 4.81. The fraction of sp³-hybridized carbons (Fsp3) is 0.368. The second-order valence-corrected chi connectivity index (χ2v) is 6.41. The molecular weight excluding hydrogens is 348 g/mol. The van der Waals surface area contributed by atoms with Crippen LogP contribution in [0.5, 0.6) is 23.1 Å². The van der Waals surface area contributed by atoms with Gasteiger partial charge in [-0.1, -0.05) is 13.3 Å². The summed E-state index contributed by atoms with van der Waals surface area (Å²) >= 11 is 0. The zero-order chi connectivity index (χ0) is 19.0. The van der Waals surface area contributed by atoms with Crippen molar-refractivity contribution in [1.82, 2.24) is 10.2 Å². The number of methoxy groups -OCH3 is 1. The summed E-state index contributed by atoms with van der Waals surface area (Å²) in [6, 6.07) is 5.89. The van der Waals surface area contributed by atoms with Gasteiger partial charge in [0, 0.05) is 11.3 Å². The van der Waals surface area contributed by atoms with Crippen molar-refractivity contribution in [3.8, 4) is 29.2 Å². The van der Waals surface area contributed by atoms with Gasteiger partial charge in [0.05, 0.1) is 13.0 Å². The highest BCUT2D eigenvalue weighted by Gasteiger charge is 2.36. The highest BCUT2D eigenvalue weighted by atomic mass is 16.7. The number of nitriles is 1. The monoisotopic (exact) mass is 368 g/mol. The first-order chi connectivity index (χ1) is 13.2. The zero-order valence-electron chi connectivity index (χ0n) is 15.2. The first kappa shape index (κ1) is 17.1. The predicted molar refractivity (Wildman–Crippen MR) is 95.6 cm³/mol. The quantitative estimate of drug-likeness (QED) is 0.833. The van der Waals surface area contributed by atoms with E-state index in [2.05, 4.69) is 23.2 Å². The van der Waals surface area contributed by atoms with E-state index in [1.165, 1.54) is 0 Å². The van der Waals surface area contributed by atoms with Gasteiger partial charge in [-0.05, 0) is 30.5 Å². The van der Waals surface area contributed by atoms with Gasteiger partial charge in [-0.15, -0.1) is 5.10 Å². The number of allylic oxidation sites excluding steroid dienone is 1. The van der Waals surface area contributed by atoms with Gasteiger partial charge in [-0.2, -0.15) is 5.26 Å². The molecule has 4 rings (SSSR count). The molecule has 8 heteroatoms. The molecule has 0 spiro atoms. The van der Waals surface area contributed by atoms with E-state index in [1.807, 2.05) is 12.1 Å². The molecule has 2 aromatic rings. The Balaban J connectivity index is 1.89. The summed E-state index contributed by atoms with van der Waals surface area (Å²) in [4.78, 5) is 0. The van der Waals surface area contributed by atoms with Crippen LogP contribution in [0.25, 0.3) is 0 Å². The molecule has 8 nitrogen and oxygen atoms in total. The van der Waals surface area contributed by atoms with Crippen molar-refractivity contribution in [2.75, 3.05) is 13.9 Å². The lowest BCUT2D eigenvalue weighted by Gasteiger charge is -2.24. The van der Waals surface area contributed by atoms with E-state index < -0.39 is 5.92 Å². The number of benzene rings is 1. The first-order valence-corrected chi connectivity index (χ1v) is 8.80. The van der Waals surface area contributed by atoms with Crippen LogP contribution < -0.4 is 24.7 Å².